The average molecular weight is 370 g/mol. The fourth-order valence-electron chi connectivity index (χ4n) is 2.57. The predicted molar refractivity (Wildman–Crippen MR) is 90.8 cm³/mol. The van der Waals surface area contributed by atoms with Gasteiger partial charge in [0.05, 0.1) is 13.2 Å². The van der Waals surface area contributed by atoms with Crippen LogP contribution in [0.1, 0.15) is 28.3 Å². The first-order chi connectivity index (χ1) is 9.96. The lowest BCUT2D eigenvalue weighted by Gasteiger charge is -2.23. The Hall–Kier alpha value is -1.07. The van der Waals surface area contributed by atoms with E-state index in [4.69, 9.17) is 22.2 Å². The first-order valence-electron chi connectivity index (χ1n) is 6.53. The molecule has 2 aromatic rings. The molecule has 0 fully saturated rings. The van der Waals surface area contributed by atoms with Crippen LogP contribution >= 0.6 is 27.5 Å². The maximum Gasteiger partial charge on any atom is 0.124 e. The summed E-state index contributed by atoms with van der Waals surface area (Å²) in [6.07, 6.45) is 0. The standard InChI is InChI=1S/C16H18BrClN2O/c1-9-4-10(2)15(14(5-9)21-3)16(20-19)11-6-12(17)8-13(18)7-11/h4-8,16,20H,19H2,1-3H3. The van der Waals surface area contributed by atoms with Gasteiger partial charge in [-0.3, -0.25) is 5.84 Å². The van der Waals surface area contributed by atoms with Gasteiger partial charge in [-0.25, -0.2) is 5.43 Å². The molecule has 1 unspecified atom stereocenters. The fraction of sp³-hybridized carbons (Fsp3) is 0.250. The molecule has 0 heterocycles. The van der Waals surface area contributed by atoms with E-state index in [1.807, 2.05) is 31.2 Å². The predicted octanol–water partition coefficient (Wildman–Crippen LogP) is 4.28. The van der Waals surface area contributed by atoms with Crippen LogP contribution in [0.5, 0.6) is 5.75 Å². The van der Waals surface area contributed by atoms with Crippen LogP contribution in [0, 0.1) is 13.8 Å². The summed E-state index contributed by atoms with van der Waals surface area (Å²) in [4.78, 5) is 0. The molecule has 0 aliphatic heterocycles. The van der Waals surface area contributed by atoms with Crippen molar-refractivity contribution < 1.29 is 4.74 Å². The van der Waals surface area contributed by atoms with Crippen molar-refractivity contribution in [1.82, 2.24) is 5.43 Å². The third-order valence-corrected chi connectivity index (χ3v) is 4.06. The third-order valence-electron chi connectivity index (χ3n) is 3.39. The lowest BCUT2D eigenvalue weighted by atomic mass is 9.93. The number of nitrogens with one attached hydrogen (secondary N) is 1. The van der Waals surface area contributed by atoms with Crippen LogP contribution < -0.4 is 16.0 Å². The summed E-state index contributed by atoms with van der Waals surface area (Å²) in [7, 11) is 1.67. The molecule has 0 radical (unpaired) electrons. The Balaban J connectivity index is 2.61. The fourth-order valence-corrected chi connectivity index (χ4v) is 3.45. The Bertz CT molecular complexity index is 641. The highest BCUT2D eigenvalue weighted by Crippen LogP contribution is 2.35. The van der Waals surface area contributed by atoms with Gasteiger partial charge in [-0.1, -0.05) is 33.6 Å². The molecule has 0 bridgehead atoms. The van der Waals surface area contributed by atoms with Gasteiger partial charge >= 0.3 is 0 Å². The maximum atomic E-state index is 6.15. The molecular weight excluding hydrogens is 352 g/mol. The molecule has 0 saturated heterocycles. The first-order valence-corrected chi connectivity index (χ1v) is 7.70. The minimum absolute atomic E-state index is 0.199. The molecule has 1 atom stereocenters. The van der Waals surface area contributed by atoms with Gasteiger partial charge in [-0.15, -0.1) is 0 Å². The van der Waals surface area contributed by atoms with Crippen molar-refractivity contribution in [2.24, 2.45) is 5.84 Å². The van der Waals surface area contributed by atoms with Crippen molar-refractivity contribution >= 4 is 27.5 Å². The van der Waals surface area contributed by atoms with Gasteiger partial charge in [0.15, 0.2) is 0 Å². The largest absolute Gasteiger partial charge is 0.496 e. The quantitative estimate of drug-likeness (QED) is 0.624. The normalized spacial score (nSPS) is 12.3. The van der Waals surface area contributed by atoms with E-state index in [1.165, 1.54) is 0 Å². The second-order valence-corrected chi connectivity index (χ2v) is 6.35. The van der Waals surface area contributed by atoms with Crippen molar-refractivity contribution in [3.05, 3.63) is 62.1 Å². The van der Waals surface area contributed by atoms with E-state index in [-0.39, 0.29) is 6.04 Å². The highest BCUT2D eigenvalue weighted by atomic mass is 79.9. The lowest BCUT2D eigenvalue weighted by Crippen LogP contribution is -2.29. The van der Waals surface area contributed by atoms with E-state index in [0.717, 1.165) is 32.5 Å². The highest BCUT2D eigenvalue weighted by molar-refractivity contribution is 9.10. The molecule has 21 heavy (non-hydrogen) atoms. The van der Waals surface area contributed by atoms with Crippen LogP contribution in [0.2, 0.25) is 5.02 Å². The number of hydrogen-bond donors (Lipinski definition) is 2. The van der Waals surface area contributed by atoms with E-state index in [2.05, 4.69) is 34.3 Å². The van der Waals surface area contributed by atoms with E-state index in [9.17, 15) is 0 Å². The van der Waals surface area contributed by atoms with Crippen LogP contribution in [-0.2, 0) is 0 Å². The number of halogens is 2. The van der Waals surface area contributed by atoms with Crippen molar-refractivity contribution in [3.8, 4) is 5.75 Å². The highest BCUT2D eigenvalue weighted by Gasteiger charge is 2.20. The topological polar surface area (TPSA) is 47.3 Å². The summed E-state index contributed by atoms with van der Waals surface area (Å²) in [5.41, 5.74) is 7.12. The summed E-state index contributed by atoms with van der Waals surface area (Å²) >= 11 is 9.61. The molecule has 3 nitrogen and oxygen atoms in total. The van der Waals surface area contributed by atoms with Gasteiger partial charge in [-0.05, 0) is 54.8 Å². The summed E-state index contributed by atoms with van der Waals surface area (Å²) in [6, 6.07) is 9.66. The van der Waals surface area contributed by atoms with Crippen molar-refractivity contribution in [2.75, 3.05) is 7.11 Å². The molecular formula is C16H18BrClN2O. The Morgan fingerprint density at radius 3 is 2.48 bits per heavy atom. The van der Waals surface area contributed by atoms with E-state index in [1.54, 1.807) is 7.11 Å². The Morgan fingerprint density at radius 2 is 1.90 bits per heavy atom. The number of hydrogen-bond acceptors (Lipinski definition) is 3. The lowest BCUT2D eigenvalue weighted by molar-refractivity contribution is 0.403. The van der Waals surface area contributed by atoms with Crippen LogP contribution in [0.4, 0.5) is 0 Å². The van der Waals surface area contributed by atoms with E-state index in [0.29, 0.717) is 5.02 Å². The van der Waals surface area contributed by atoms with Crippen LogP contribution in [0.15, 0.2) is 34.8 Å². The summed E-state index contributed by atoms with van der Waals surface area (Å²) < 4.78 is 6.44. The van der Waals surface area contributed by atoms with Crippen molar-refractivity contribution in [1.29, 1.82) is 0 Å². The van der Waals surface area contributed by atoms with Gasteiger partial charge in [0, 0.05) is 15.1 Å². The Kier molecular flexibility index (Phi) is 5.27. The monoisotopic (exact) mass is 368 g/mol. The molecule has 0 saturated carbocycles. The SMILES string of the molecule is COc1cc(C)cc(C)c1C(NN)c1cc(Cl)cc(Br)c1. The smallest absolute Gasteiger partial charge is 0.124 e. The number of hydrazine groups is 1. The van der Waals surface area contributed by atoms with Crippen molar-refractivity contribution in [2.45, 2.75) is 19.9 Å². The minimum atomic E-state index is -0.199. The van der Waals surface area contributed by atoms with Gasteiger partial charge < -0.3 is 4.74 Å². The van der Waals surface area contributed by atoms with Gasteiger partial charge in [0.25, 0.3) is 0 Å². The summed E-state index contributed by atoms with van der Waals surface area (Å²) in [5.74, 6) is 6.62. The number of methoxy groups -OCH3 is 1. The van der Waals surface area contributed by atoms with Crippen LogP contribution in [-0.4, -0.2) is 7.11 Å². The second-order valence-electron chi connectivity index (χ2n) is 5.00. The molecule has 112 valence electrons. The summed E-state index contributed by atoms with van der Waals surface area (Å²) in [5, 5.41) is 0.656. The molecule has 0 amide bonds. The number of rotatable bonds is 4. The number of aryl methyl sites for hydroxylation is 2. The van der Waals surface area contributed by atoms with Gasteiger partial charge in [-0.2, -0.15) is 0 Å². The Morgan fingerprint density at radius 1 is 1.19 bits per heavy atom. The zero-order chi connectivity index (χ0) is 15.6. The summed E-state index contributed by atoms with van der Waals surface area (Å²) in [6.45, 7) is 4.09. The number of nitrogens with two attached hydrogens (primary N) is 1. The van der Waals surface area contributed by atoms with Crippen LogP contribution in [0.25, 0.3) is 0 Å². The van der Waals surface area contributed by atoms with Crippen molar-refractivity contribution in [3.63, 3.8) is 0 Å². The van der Waals surface area contributed by atoms with Gasteiger partial charge in [0.2, 0.25) is 0 Å². The Labute approximate surface area is 138 Å². The molecule has 3 N–H and O–H groups in total. The molecule has 0 aromatic heterocycles. The third kappa shape index (κ3) is 3.58. The minimum Gasteiger partial charge on any atom is -0.496 e. The second kappa shape index (κ2) is 6.79. The van der Waals surface area contributed by atoms with E-state index >= 15 is 0 Å². The molecule has 0 aliphatic carbocycles. The van der Waals surface area contributed by atoms with E-state index < -0.39 is 0 Å². The zero-order valence-electron chi connectivity index (χ0n) is 12.2. The molecule has 0 aliphatic rings. The molecule has 0 spiro atoms. The van der Waals surface area contributed by atoms with Gasteiger partial charge in [0.1, 0.15) is 5.75 Å². The average Bonchev–Trinajstić information content (AvgIpc) is 2.40. The molecule has 5 heteroatoms. The zero-order valence-corrected chi connectivity index (χ0v) is 14.5. The molecule has 2 rings (SSSR count). The molecule has 2 aromatic carbocycles. The number of benzene rings is 2. The van der Waals surface area contributed by atoms with Crippen LogP contribution in [0.3, 0.4) is 0 Å². The number of ether oxygens (including phenoxy) is 1. The maximum absolute atomic E-state index is 6.15. The first kappa shape index (κ1) is 16.3.